The van der Waals surface area contributed by atoms with Gasteiger partial charge in [0, 0.05) is 6.54 Å². The summed E-state index contributed by atoms with van der Waals surface area (Å²) in [4.78, 5) is 17.5. The van der Waals surface area contributed by atoms with Crippen molar-refractivity contribution in [2.45, 2.75) is 6.42 Å². The maximum absolute atomic E-state index is 11.3. The highest BCUT2D eigenvalue weighted by molar-refractivity contribution is 7.91. The van der Waals surface area contributed by atoms with Crippen LogP contribution in [0.2, 0.25) is 0 Å². The Labute approximate surface area is 109 Å². The molecule has 0 amide bonds. The van der Waals surface area contributed by atoms with Crippen molar-refractivity contribution in [1.29, 1.82) is 0 Å². The molecule has 1 aromatic rings. The van der Waals surface area contributed by atoms with E-state index in [1.54, 1.807) is 0 Å². The average molecular weight is 287 g/mol. The highest BCUT2D eigenvalue weighted by atomic mass is 32.2. The predicted octanol–water partition coefficient (Wildman–Crippen LogP) is -0.186. The average Bonchev–Trinajstić information content (AvgIpc) is 2.66. The first kappa shape index (κ1) is 13.5. The maximum Gasteiger partial charge on any atom is 0.352 e. The fourth-order valence-electron chi connectivity index (χ4n) is 1.98. The van der Waals surface area contributed by atoms with Crippen LogP contribution in [-0.4, -0.2) is 41.4 Å². The Morgan fingerprint density at radius 3 is 2.84 bits per heavy atom. The van der Waals surface area contributed by atoms with Crippen LogP contribution in [0.5, 0.6) is 0 Å². The van der Waals surface area contributed by atoms with Crippen LogP contribution in [0.3, 0.4) is 0 Å². The van der Waals surface area contributed by atoms with Gasteiger partial charge in [-0.2, -0.15) is 0 Å². The van der Waals surface area contributed by atoms with Crippen LogP contribution in [0.15, 0.2) is 6.33 Å². The van der Waals surface area contributed by atoms with Gasteiger partial charge in [-0.15, -0.1) is 0 Å². The molecular formula is C9H13N5O4S. The lowest BCUT2D eigenvalue weighted by Gasteiger charge is -2.10. The van der Waals surface area contributed by atoms with Crippen molar-refractivity contribution in [3.63, 3.8) is 0 Å². The molecule has 0 bridgehead atoms. The molecule has 0 aliphatic carbocycles. The molecule has 9 nitrogen and oxygen atoms in total. The Hall–Kier alpha value is -1.97. The van der Waals surface area contributed by atoms with Crippen molar-refractivity contribution >= 4 is 27.2 Å². The second kappa shape index (κ2) is 4.96. The molecule has 1 aliphatic heterocycles. The van der Waals surface area contributed by atoms with Crippen molar-refractivity contribution in [3.8, 4) is 0 Å². The zero-order valence-corrected chi connectivity index (χ0v) is 10.8. The van der Waals surface area contributed by atoms with Crippen molar-refractivity contribution in [2.24, 2.45) is 5.92 Å². The van der Waals surface area contributed by atoms with Gasteiger partial charge in [-0.25, -0.2) is 18.4 Å². The van der Waals surface area contributed by atoms with Crippen molar-refractivity contribution in [3.05, 3.63) is 16.4 Å². The Morgan fingerprint density at radius 1 is 1.53 bits per heavy atom. The van der Waals surface area contributed by atoms with E-state index in [0.717, 1.165) is 6.33 Å². The predicted molar refractivity (Wildman–Crippen MR) is 68.3 cm³/mol. The summed E-state index contributed by atoms with van der Waals surface area (Å²) in [6.07, 6.45) is 1.67. The van der Waals surface area contributed by atoms with Crippen LogP contribution >= 0.6 is 0 Å². The van der Waals surface area contributed by atoms with Gasteiger partial charge in [-0.3, -0.25) is 10.1 Å². The highest BCUT2D eigenvalue weighted by Gasteiger charge is 2.29. The quantitative estimate of drug-likeness (QED) is 0.573. The highest BCUT2D eigenvalue weighted by Crippen LogP contribution is 2.27. The second-order valence-electron chi connectivity index (χ2n) is 4.36. The van der Waals surface area contributed by atoms with Crippen LogP contribution in [0.1, 0.15) is 6.42 Å². The summed E-state index contributed by atoms with van der Waals surface area (Å²) in [5, 5.41) is 13.6. The second-order valence-corrected chi connectivity index (χ2v) is 6.59. The summed E-state index contributed by atoms with van der Waals surface area (Å²) in [6, 6.07) is 0. The van der Waals surface area contributed by atoms with Crippen LogP contribution in [0.25, 0.3) is 0 Å². The number of nitrogens with zero attached hydrogens (tertiary/aromatic N) is 3. The molecule has 19 heavy (non-hydrogen) atoms. The summed E-state index contributed by atoms with van der Waals surface area (Å²) >= 11 is 0. The third kappa shape index (κ3) is 3.08. The lowest BCUT2D eigenvalue weighted by atomic mass is 10.1. The third-order valence-corrected chi connectivity index (χ3v) is 4.76. The van der Waals surface area contributed by atoms with E-state index < -0.39 is 14.8 Å². The first-order valence-corrected chi connectivity index (χ1v) is 7.40. The van der Waals surface area contributed by atoms with Gasteiger partial charge in [0.1, 0.15) is 6.33 Å². The van der Waals surface area contributed by atoms with Crippen LogP contribution in [0, 0.1) is 16.0 Å². The summed E-state index contributed by atoms with van der Waals surface area (Å²) in [6.45, 7) is 0.302. The number of nitro groups is 1. The zero-order valence-electron chi connectivity index (χ0n) is 9.94. The number of rotatable bonds is 4. The molecule has 1 atom stereocenters. The molecule has 2 heterocycles. The van der Waals surface area contributed by atoms with E-state index in [9.17, 15) is 18.5 Å². The van der Waals surface area contributed by atoms with E-state index >= 15 is 0 Å². The minimum absolute atomic E-state index is 0.0156. The topological polar surface area (TPSA) is 141 Å². The number of nitrogens with one attached hydrogen (secondary N) is 1. The van der Waals surface area contributed by atoms with E-state index in [0.29, 0.717) is 13.0 Å². The van der Waals surface area contributed by atoms with E-state index in [1.165, 1.54) is 0 Å². The molecule has 0 aromatic carbocycles. The van der Waals surface area contributed by atoms with E-state index in [2.05, 4.69) is 15.3 Å². The molecule has 3 N–H and O–H groups in total. The Morgan fingerprint density at radius 2 is 2.26 bits per heavy atom. The fraction of sp³-hybridized carbons (Fsp3) is 0.556. The monoisotopic (exact) mass is 287 g/mol. The van der Waals surface area contributed by atoms with E-state index in [1.807, 2.05) is 0 Å². The van der Waals surface area contributed by atoms with Gasteiger partial charge in [0.2, 0.25) is 11.6 Å². The maximum atomic E-state index is 11.3. The Bertz CT molecular complexity index is 603. The molecule has 2 rings (SSSR count). The molecule has 0 saturated carbocycles. The summed E-state index contributed by atoms with van der Waals surface area (Å²) < 4.78 is 22.6. The van der Waals surface area contributed by atoms with Crippen LogP contribution < -0.4 is 11.1 Å². The summed E-state index contributed by atoms with van der Waals surface area (Å²) in [5.74, 6) is -0.0222. The number of anilines is 2. The van der Waals surface area contributed by atoms with E-state index in [4.69, 9.17) is 5.73 Å². The molecule has 0 radical (unpaired) electrons. The lowest BCUT2D eigenvalue weighted by Crippen LogP contribution is -2.17. The van der Waals surface area contributed by atoms with E-state index in [-0.39, 0.29) is 34.7 Å². The smallest absolute Gasteiger partial charge is 0.352 e. The minimum atomic E-state index is -2.97. The molecule has 1 aromatic heterocycles. The van der Waals surface area contributed by atoms with Gasteiger partial charge < -0.3 is 11.1 Å². The number of nitrogen functional groups attached to an aromatic ring is 1. The molecular weight excluding hydrogens is 274 g/mol. The number of aromatic nitrogens is 2. The van der Waals surface area contributed by atoms with Crippen molar-refractivity contribution < 1.29 is 13.3 Å². The van der Waals surface area contributed by atoms with Gasteiger partial charge in [-0.05, 0) is 12.3 Å². The Balaban J connectivity index is 2.08. The van der Waals surface area contributed by atoms with Crippen molar-refractivity contribution in [1.82, 2.24) is 9.97 Å². The van der Waals surface area contributed by atoms with Gasteiger partial charge in [0.25, 0.3) is 0 Å². The standard InChI is InChI=1S/C9H13N5O4S/c10-8-7(14(15)16)9(13-5-12-8)11-3-6-1-2-19(17,18)4-6/h5-6H,1-4H2,(H3,10,11,12,13). The Kier molecular flexibility index (Phi) is 3.51. The largest absolute Gasteiger partial charge is 0.378 e. The van der Waals surface area contributed by atoms with Gasteiger partial charge in [0.05, 0.1) is 16.4 Å². The summed E-state index contributed by atoms with van der Waals surface area (Å²) in [5.41, 5.74) is 5.03. The molecule has 0 spiro atoms. The fourth-order valence-corrected chi connectivity index (χ4v) is 3.84. The first-order valence-electron chi connectivity index (χ1n) is 5.58. The number of hydrogen-bond acceptors (Lipinski definition) is 8. The molecule has 10 heteroatoms. The van der Waals surface area contributed by atoms with Gasteiger partial charge in [0.15, 0.2) is 9.84 Å². The van der Waals surface area contributed by atoms with Crippen LogP contribution in [-0.2, 0) is 9.84 Å². The number of nitrogens with two attached hydrogens (primary N) is 1. The molecule has 1 unspecified atom stereocenters. The van der Waals surface area contributed by atoms with Gasteiger partial charge >= 0.3 is 5.69 Å². The molecule has 104 valence electrons. The SMILES string of the molecule is Nc1ncnc(NCC2CCS(=O)(=O)C2)c1[N+](=O)[O-]. The molecule has 1 aliphatic rings. The first-order chi connectivity index (χ1) is 8.89. The minimum Gasteiger partial charge on any atom is -0.378 e. The van der Waals surface area contributed by atoms with Crippen LogP contribution in [0.4, 0.5) is 17.3 Å². The molecule has 1 fully saturated rings. The molecule has 1 saturated heterocycles. The lowest BCUT2D eigenvalue weighted by molar-refractivity contribution is -0.383. The summed E-state index contributed by atoms with van der Waals surface area (Å²) in [7, 11) is -2.97. The van der Waals surface area contributed by atoms with Crippen molar-refractivity contribution in [2.75, 3.05) is 29.1 Å². The van der Waals surface area contributed by atoms with Gasteiger partial charge in [-0.1, -0.05) is 0 Å². The normalized spacial score (nSPS) is 21.2. The number of hydrogen-bond donors (Lipinski definition) is 2. The third-order valence-electron chi connectivity index (χ3n) is 2.92. The zero-order chi connectivity index (χ0) is 14.0. The number of sulfone groups is 1.